The molecule has 7 nitrogen and oxygen atoms in total. The van der Waals surface area contributed by atoms with Crippen molar-refractivity contribution < 1.29 is 14.1 Å². The molecule has 112 valence electrons. The summed E-state index contributed by atoms with van der Waals surface area (Å²) in [5, 5.41) is 3.90. The van der Waals surface area contributed by atoms with Crippen molar-refractivity contribution >= 4 is 5.97 Å². The Balaban J connectivity index is 1.95. The molecule has 1 atom stereocenters. The molecule has 0 aliphatic carbocycles. The average Bonchev–Trinajstić information content (AvgIpc) is 2.95. The lowest BCUT2D eigenvalue weighted by Gasteiger charge is -2.17. The van der Waals surface area contributed by atoms with Gasteiger partial charge in [-0.25, -0.2) is 0 Å². The van der Waals surface area contributed by atoms with Crippen LogP contribution in [0.3, 0.4) is 0 Å². The fourth-order valence-electron chi connectivity index (χ4n) is 1.96. The SMILES string of the molecule is COC(=O)C(C)CN(C)Cc1nc(-c2ccccn2)no1. The molecule has 0 N–H and O–H groups in total. The van der Waals surface area contributed by atoms with Crippen molar-refractivity contribution in [2.45, 2.75) is 13.5 Å². The molecule has 0 saturated heterocycles. The zero-order valence-corrected chi connectivity index (χ0v) is 12.3. The summed E-state index contributed by atoms with van der Waals surface area (Å²) in [4.78, 5) is 21.8. The van der Waals surface area contributed by atoms with E-state index in [2.05, 4.69) is 15.1 Å². The van der Waals surface area contributed by atoms with Crippen LogP contribution in [0.4, 0.5) is 0 Å². The molecule has 0 spiro atoms. The first-order valence-electron chi connectivity index (χ1n) is 6.60. The maximum absolute atomic E-state index is 11.4. The minimum absolute atomic E-state index is 0.210. The van der Waals surface area contributed by atoms with Gasteiger partial charge in [-0.05, 0) is 19.2 Å². The Labute approximate surface area is 122 Å². The largest absolute Gasteiger partial charge is 0.469 e. The normalized spacial score (nSPS) is 12.4. The molecule has 0 amide bonds. The van der Waals surface area contributed by atoms with Crippen molar-refractivity contribution in [1.29, 1.82) is 0 Å². The summed E-state index contributed by atoms with van der Waals surface area (Å²) in [6.45, 7) is 2.82. The van der Waals surface area contributed by atoms with Crippen molar-refractivity contribution in [3.05, 3.63) is 30.3 Å². The fraction of sp³-hybridized carbons (Fsp3) is 0.429. The highest BCUT2D eigenvalue weighted by molar-refractivity contribution is 5.72. The van der Waals surface area contributed by atoms with Crippen LogP contribution in [-0.2, 0) is 16.1 Å². The Kier molecular flexibility index (Phi) is 4.99. The average molecular weight is 290 g/mol. The van der Waals surface area contributed by atoms with Crippen LogP contribution in [0.2, 0.25) is 0 Å². The molecule has 0 bridgehead atoms. The third-order valence-corrected chi connectivity index (χ3v) is 2.96. The number of ether oxygens (including phenoxy) is 1. The van der Waals surface area contributed by atoms with E-state index in [9.17, 15) is 4.79 Å². The second kappa shape index (κ2) is 6.94. The molecule has 2 aromatic heterocycles. The number of esters is 1. The molecule has 0 saturated carbocycles. The van der Waals surface area contributed by atoms with Crippen molar-refractivity contribution in [3.8, 4) is 11.5 Å². The number of carbonyl (C=O) groups is 1. The van der Waals surface area contributed by atoms with Gasteiger partial charge in [0.05, 0.1) is 19.6 Å². The number of hydrogen-bond donors (Lipinski definition) is 0. The van der Waals surface area contributed by atoms with Crippen LogP contribution in [0.25, 0.3) is 11.5 Å². The van der Waals surface area contributed by atoms with E-state index in [1.165, 1.54) is 7.11 Å². The number of methoxy groups -OCH3 is 1. The molecule has 0 fully saturated rings. The van der Waals surface area contributed by atoms with Gasteiger partial charge in [0.2, 0.25) is 11.7 Å². The summed E-state index contributed by atoms with van der Waals surface area (Å²) in [7, 11) is 3.26. The van der Waals surface area contributed by atoms with E-state index in [1.54, 1.807) is 6.20 Å². The van der Waals surface area contributed by atoms with Crippen LogP contribution in [0, 0.1) is 5.92 Å². The molecule has 0 aliphatic rings. The van der Waals surface area contributed by atoms with E-state index in [1.807, 2.05) is 37.1 Å². The summed E-state index contributed by atoms with van der Waals surface area (Å²) >= 11 is 0. The fourth-order valence-corrected chi connectivity index (χ4v) is 1.96. The van der Waals surface area contributed by atoms with E-state index >= 15 is 0 Å². The first-order chi connectivity index (χ1) is 10.1. The highest BCUT2D eigenvalue weighted by atomic mass is 16.5. The van der Waals surface area contributed by atoms with Gasteiger partial charge >= 0.3 is 5.97 Å². The number of aromatic nitrogens is 3. The monoisotopic (exact) mass is 290 g/mol. The van der Waals surface area contributed by atoms with Gasteiger partial charge in [0, 0.05) is 12.7 Å². The Hall–Kier alpha value is -2.28. The smallest absolute Gasteiger partial charge is 0.309 e. The number of pyridine rings is 1. The van der Waals surface area contributed by atoms with E-state index in [4.69, 9.17) is 9.26 Å². The van der Waals surface area contributed by atoms with Crippen LogP contribution in [0.5, 0.6) is 0 Å². The van der Waals surface area contributed by atoms with Gasteiger partial charge in [0.1, 0.15) is 5.69 Å². The van der Waals surface area contributed by atoms with Crippen molar-refractivity contribution in [2.24, 2.45) is 5.92 Å². The molecule has 2 aromatic rings. The minimum Gasteiger partial charge on any atom is -0.469 e. The topological polar surface area (TPSA) is 81.4 Å². The standard InChI is InChI=1S/C14H18N4O3/c1-10(14(19)20-3)8-18(2)9-12-16-13(17-21-12)11-6-4-5-7-15-11/h4-7,10H,8-9H2,1-3H3. The lowest BCUT2D eigenvalue weighted by molar-refractivity contribution is -0.145. The van der Waals surface area contributed by atoms with Crippen molar-refractivity contribution in [2.75, 3.05) is 20.7 Å². The van der Waals surface area contributed by atoms with Gasteiger partial charge in [0.15, 0.2) is 0 Å². The second-order valence-electron chi connectivity index (χ2n) is 4.85. The summed E-state index contributed by atoms with van der Waals surface area (Å²) in [6, 6.07) is 5.51. The maximum Gasteiger partial charge on any atom is 0.309 e. The lowest BCUT2D eigenvalue weighted by atomic mass is 10.2. The summed E-state index contributed by atoms with van der Waals surface area (Å²) in [5.41, 5.74) is 0.665. The van der Waals surface area contributed by atoms with Crippen LogP contribution >= 0.6 is 0 Å². The van der Waals surface area contributed by atoms with Crippen LogP contribution in [0.1, 0.15) is 12.8 Å². The predicted octanol–water partition coefficient (Wildman–Crippen LogP) is 1.37. The highest BCUT2D eigenvalue weighted by Gasteiger charge is 2.17. The van der Waals surface area contributed by atoms with E-state index in [-0.39, 0.29) is 11.9 Å². The maximum atomic E-state index is 11.4. The van der Waals surface area contributed by atoms with Crippen LogP contribution < -0.4 is 0 Å². The molecule has 2 heterocycles. The zero-order chi connectivity index (χ0) is 15.2. The third kappa shape index (κ3) is 4.09. The molecular formula is C14H18N4O3. The van der Waals surface area contributed by atoms with E-state index in [0.29, 0.717) is 30.5 Å². The van der Waals surface area contributed by atoms with Gasteiger partial charge in [0.25, 0.3) is 0 Å². The van der Waals surface area contributed by atoms with Crippen molar-refractivity contribution in [1.82, 2.24) is 20.0 Å². The van der Waals surface area contributed by atoms with Gasteiger partial charge in [-0.3, -0.25) is 14.7 Å². The van der Waals surface area contributed by atoms with Crippen molar-refractivity contribution in [3.63, 3.8) is 0 Å². The van der Waals surface area contributed by atoms with Gasteiger partial charge < -0.3 is 9.26 Å². The molecule has 2 rings (SSSR count). The Bertz CT molecular complexity index is 585. The minimum atomic E-state index is -0.235. The van der Waals surface area contributed by atoms with Crippen LogP contribution in [0.15, 0.2) is 28.9 Å². The van der Waals surface area contributed by atoms with E-state index in [0.717, 1.165) is 0 Å². The molecule has 0 aromatic carbocycles. The summed E-state index contributed by atoms with van der Waals surface area (Å²) in [5.74, 6) is 0.495. The first-order valence-corrected chi connectivity index (χ1v) is 6.60. The summed E-state index contributed by atoms with van der Waals surface area (Å²) < 4.78 is 9.90. The molecular weight excluding hydrogens is 272 g/mol. The summed E-state index contributed by atoms with van der Waals surface area (Å²) in [6.07, 6.45) is 1.68. The quantitative estimate of drug-likeness (QED) is 0.743. The third-order valence-electron chi connectivity index (χ3n) is 2.96. The molecule has 0 radical (unpaired) electrons. The molecule has 21 heavy (non-hydrogen) atoms. The first kappa shape index (κ1) is 15.1. The molecule has 0 aliphatic heterocycles. The van der Waals surface area contributed by atoms with E-state index < -0.39 is 0 Å². The van der Waals surface area contributed by atoms with Gasteiger partial charge in [-0.2, -0.15) is 4.98 Å². The predicted molar refractivity (Wildman–Crippen MR) is 75.0 cm³/mol. The Morgan fingerprint density at radius 1 is 1.48 bits per heavy atom. The van der Waals surface area contributed by atoms with Gasteiger partial charge in [-0.15, -0.1) is 0 Å². The number of rotatable bonds is 6. The molecule has 7 heteroatoms. The number of carbonyl (C=O) groups excluding carboxylic acids is 1. The zero-order valence-electron chi connectivity index (χ0n) is 12.3. The number of nitrogens with zero attached hydrogens (tertiary/aromatic N) is 4. The Morgan fingerprint density at radius 3 is 2.95 bits per heavy atom. The number of hydrogen-bond acceptors (Lipinski definition) is 7. The highest BCUT2D eigenvalue weighted by Crippen LogP contribution is 2.13. The second-order valence-corrected chi connectivity index (χ2v) is 4.85. The van der Waals surface area contributed by atoms with Crippen LogP contribution in [-0.4, -0.2) is 46.7 Å². The molecule has 1 unspecified atom stereocenters. The lowest BCUT2D eigenvalue weighted by Crippen LogP contribution is -2.29. The van der Waals surface area contributed by atoms with Gasteiger partial charge in [-0.1, -0.05) is 18.1 Å². The Morgan fingerprint density at radius 2 is 2.29 bits per heavy atom.